The topological polar surface area (TPSA) is 35.5 Å². The van der Waals surface area contributed by atoms with Gasteiger partial charge in [0, 0.05) is 0 Å². The molecule has 0 N–H and O–H groups in total. The van der Waals surface area contributed by atoms with Crippen molar-refractivity contribution in [2.75, 3.05) is 6.61 Å². The summed E-state index contributed by atoms with van der Waals surface area (Å²) in [4.78, 5) is 12.1. The SMILES string of the molecule is CCCC(CC)C(C)(C)OC(=O)COc1ccc(C(C)CC)cc1. The first-order valence-electron chi connectivity index (χ1n) is 9.28. The molecule has 1 aromatic rings. The van der Waals surface area contributed by atoms with E-state index in [0.717, 1.165) is 25.7 Å². The lowest BCUT2D eigenvalue weighted by Crippen LogP contribution is -2.38. The van der Waals surface area contributed by atoms with Crippen molar-refractivity contribution in [3.63, 3.8) is 0 Å². The van der Waals surface area contributed by atoms with Crippen LogP contribution >= 0.6 is 0 Å². The second-order valence-corrected chi connectivity index (χ2v) is 7.14. The van der Waals surface area contributed by atoms with Crippen LogP contribution in [0.25, 0.3) is 0 Å². The number of benzene rings is 1. The number of hydrogen-bond acceptors (Lipinski definition) is 3. The Morgan fingerprint density at radius 2 is 1.71 bits per heavy atom. The normalized spacial score (nSPS) is 14.1. The molecule has 0 aliphatic carbocycles. The van der Waals surface area contributed by atoms with Gasteiger partial charge in [0.2, 0.25) is 0 Å². The molecule has 0 aliphatic rings. The molecular weight excluding hydrogens is 300 g/mol. The van der Waals surface area contributed by atoms with E-state index in [0.29, 0.717) is 17.6 Å². The van der Waals surface area contributed by atoms with Gasteiger partial charge in [0.25, 0.3) is 0 Å². The molecule has 0 spiro atoms. The van der Waals surface area contributed by atoms with E-state index in [-0.39, 0.29) is 12.6 Å². The van der Waals surface area contributed by atoms with Crippen molar-refractivity contribution < 1.29 is 14.3 Å². The molecule has 0 saturated carbocycles. The summed E-state index contributed by atoms with van der Waals surface area (Å²) < 4.78 is 11.3. The second-order valence-electron chi connectivity index (χ2n) is 7.14. The summed E-state index contributed by atoms with van der Waals surface area (Å²) in [6, 6.07) is 7.97. The third-order valence-corrected chi connectivity index (χ3v) is 4.91. The van der Waals surface area contributed by atoms with Crippen LogP contribution in [0.2, 0.25) is 0 Å². The molecule has 0 aromatic heterocycles. The summed E-state index contributed by atoms with van der Waals surface area (Å²) in [6.07, 6.45) is 4.28. The Morgan fingerprint density at radius 1 is 1.08 bits per heavy atom. The van der Waals surface area contributed by atoms with Crippen LogP contribution in [-0.4, -0.2) is 18.2 Å². The fourth-order valence-corrected chi connectivity index (χ4v) is 3.07. The Balaban J connectivity index is 2.53. The maximum absolute atomic E-state index is 12.1. The molecule has 1 aromatic carbocycles. The first kappa shape index (κ1) is 20.5. The van der Waals surface area contributed by atoms with Crippen LogP contribution in [-0.2, 0) is 9.53 Å². The standard InChI is InChI=1S/C21H34O3/c1-7-10-18(9-3)21(5,6)24-20(22)15-23-19-13-11-17(12-14-19)16(4)8-2/h11-14,16,18H,7-10,15H2,1-6H3. The molecule has 0 heterocycles. The number of ether oxygens (including phenoxy) is 2. The highest BCUT2D eigenvalue weighted by atomic mass is 16.6. The molecule has 3 nitrogen and oxygen atoms in total. The van der Waals surface area contributed by atoms with E-state index in [9.17, 15) is 4.79 Å². The molecule has 0 saturated heterocycles. The Bertz CT molecular complexity index is 490. The molecule has 3 heteroatoms. The Labute approximate surface area is 147 Å². The van der Waals surface area contributed by atoms with Crippen molar-refractivity contribution in [3.8, 4) is 5.75 Å². The maximum atomic E-state index is 12.1. The smallest absolute Gasteiger partial charge is 0.344 e. The summed E-state index contributed by atoms with van der Waals surface area (Å²) in [6.45, 7) is 12.6. The summed E-state index contributed by atoms with van der Waals surface area (Å²) in [5.41, 5.74) is 0.838. The van der Waals surface area contributed by atoms with Crippen molar-refractivity contribution in [1.82, 2.24) is 0 Å². The Kier molecular flexibility index (Phi) is 8.30. The first-order valence-corrected chi connectivity index (χ1v) is 9.28. The van der Waals surface area contributed by atoms with Crippen LogP contribution in [0.1, 0.15) is 78.7 Å². The molecular formula is C21H34O3. The van der Waals surface area contributed by atoms with Gasteiger partial charge in [0.15, 0.2) is 6.61 Å². The Morgan fingerprint density at radius 3 is 2.21 bits per heavy atom. The minimum Gasteiger partial charge on any atom is -0.482 e. The third kappa shape index (κ3) is 6.18. The molecule has 0 aliphatic heterocycles. The summed E-state index contributed by atoms with van der Waals surface area (Å²) >= 11 is 0. The second kappa shape index (κ2) is 9.71. The average molecular weight is 335 g/mol. The van der Waals surface area contributed by atoms with Gasteiger partial charge >= 0.3 is 5.97 Å². The number of carbonyl (C=O) groups is 1. The van der Waals surface area contributed by atoms with E-state index < -0.39 is 5.60 Å². The zero-order valence-electron chi connectivity index (χ0n) is 16.2. The predicted molar refractivity (Wildman–Crippen MR) is 99.5 cm³/mol. The lowest BCUT2D eigenvalue weighted by atomic mass is 9.85. The van der Waals surface area contributed by atoms with Crippen LogP contribution in [0.5, 0.6) is 5.75 Å². The van der Waals surface area contributed by atoms with Crippen LogP contribution < -0.4 is 4.74 Å². The summed E-state index contributed by atoms with van der Waals surface area (Å²) in [7, 11) is 0. The lowest BCUT2D eigenvalue weighted by molar-refractivity contribution is -0.164. The monoisotopic (exact) mass is 334 g/mol. The zero-order chi connectivity index (χ0) is 18.2. The minimum atomic E-state index is -0.453. The van der Waals surface area contributed by atoms with Gasteiger partial charge in [-0.3, -0.25) is 0 Å². The van der Waals surface area contributed by atoms with Gasteiger partial charge in [0.05, 0.1) is 0 Å². The van der Waals surface area contributed by atoms with E-state index in [1.54, 1.807) is 0 Å². The maximum Gasteiger partial charge on any atom is 0.344 e. The number of carbonyl (C=O) groups excluding carboxylic acids is 1. The first-order chi connectivity index (χ1) is 11.3. The average Bonchev–Trinajstić information content (AvgIpc) is 2.57. The molecule has 136 valence electrons. The summed E-state index contributed by atoms with van der Waals surface area (Å²) in [5.74, 6) is 1.31. The third-order valence-electron chi connectivity index (χ3n) is 4.91. The zero-order valence-corrected chi connectivity index (χ0v) is 16.2. The molecule has 24 heavy (non-hydrogen) atoms. The van der Waals surface area contributed by atoms with Crippen LogP contribution in [0.3, 0.4) is 0 Å². The molecule has 0 bridgehead atoms. The molecule has 0 radical (unpaired) electrons. The lowest BCUT2D eigenvalue weighted by Gasteiger charge is -2.33. The van der Waals surface area contributed by atoms with Gasteiger partial charge in [-0.25, -0.2) is 4.79 Å². The largest absolute Gasteiger partial charge is 0.482 e. The number of esters is 1. The molecule has 0 fully saturated rings. The van der Waals surface area contributed by atoms with Gasteiger partial charge in [-0.1, -0.05) is 46.2 Å². The van der Waals surface area contributed by atoms with E-state index in [1.807, 2.05) is 26.0 Å². The predicted octanol–water partition coefficient (Wildman–Crippen LogP) is 5.73. The van der Waals surface area contributed by atoms with Gasteiger partial charge in [-0.15, -0.1) is 0 Å². The molecule has 1 rings (SSSR count). The highest BCUT2D eigenvalue weighted by Gasteiger charge is 2.31. The van der Waals surface area contributed by atoms with E-state index in [2.05, 4.69) is 39.8 Å². The van der Waals surface area contributed by atoms with Gasteiger partial charge in [0.1, 0.15) is 11.4 Å². The van der Waals surface area contributed by atoms with E-state index in [4.69, 9.17) is 9.47 Å². The number of hydrogen-bond donors (Lipinski definition) is 0. The summed E-state index contributed by atoms with van der Waals surface area (Å²) in [5, 5.41) is 0. The number of rotatable bonds is 10. The van der Waals surface area contributed by atoms with Crippen molar-refractivity contribution in [3.05, 3.63) is 29.8 Å². The molecule has 2 unspecified atom stereocenters. The molecule has 0 amide bonds. The van der Waals surface area contributed by atoms with Crippen molar-refractivity contribution in [1.29, 1.82) is 0 Å². The van der Waals surface area contributed by atoms with Crippen LogP contribution in [0, 0.1) is 5.92 Å². The van der Waals surface area contributed by atoms with Crippen molar-refractivity contribution in [2.24, 2.45) is 5.92 Å². The fraction of sp³-hybridized carbons (Fsp3) is 0.667. The van der Waals surface area contributed by atoms with Crippen molar-refractivity contribution in [2.45, 2.75) is 78.7 Å². The van der Waals surface area contributed by atoms with Gasteiger partial charge in [-0.05, 0) is 62.6 Å². The molecule has 2 atom stereocenters. The van der Waals surface area contributed by atoms with Crippen LogP contribution in [0.15, 0.2) is 24.3 Å². The minimum absolute atomic E-state index is 0.0470. The highest BCUT2D eigenvalue weighted by molar-refractivity contribution is 5.71. The quantitative estimate of drug-likeness (QED) is 0.513. The fourth-order valence-electron chi connectivity index (χ4n) is 3.07. The highest BCUT2D eigenvalue weighted by Crippen LogP contribution is 2.29. The van der Waals surface area contributed by atoms with Gasteiger partial charge in [-0.2, -0.15) is 0 Å². The van der Waals surface area contributed by atoms with Crippen LogP contribution in [0.4, 0.5) is 0 Å². The van der Waals surface area contributed by atoms with Crippen molar-refractivity contribution >= 4 is 5.97 Å². The van der Waals surface area contributed by atoms with Gasteiger partial charge < -0.3 is 9.47 Å². The Hall–Kier alpha value is -1.51. The van der Waals surface area contributed by atoms with E-state index in [1.165, 1.54) is 5.56 Å². The van der Waals surface area contributed by atoms with E-state index >= 15 is 0 Å².